The zero-order chi connectivity index (χ0) is 50.9. The lowest BCUT2D eigenvalue weighted by molar-refractivity contribution is -0.132. The van der Waals surface area contributed by atoms with Gasteiger partial charge < -0.3 is 25.7 Å². The number of rotatable bonds is 58. The predicted molar refractivity (Wildman–Crippen MR) is 307 cm³/mol. The van der Waals surface area contributed by atoms with Crippen LogP contribution in [0.2, 0.25) is 0 Å². The van der Waals surface area contributed by atoms with Crippen molar-refractivity contribution in [3.05, 3.63) is 36.5 Å². The van der Waals surface area contributed by atoms with E-state index in [1.54, 1.807) is 0 Å². The number of hydrogen-bond acceptors (Lipinski definition) is 5. The summed E-state index contributed by atoms with van der Waals surface area (Å²) in [4.78, 5) is 12.6. The summed E-state index contributed by atoms with van der Waals surface area (Å²) >= 11 is 0. The van der Waals surface area contributed by atoms with Crippen LogP contribution in [0.3, 0.4) is 0 Å². The van der Waals surface area contributed by atoms with Gasteiger partial charge in [-0.15, -0.1) is 0 Å². The highest BCUT2D eigenvalue weighted by Gasteiger charge is 2.28. The van der Waals surface area contributed by atoms with Crippen molar-refractivity contribution in [2.75, 3.05) is 6.61 Å². The van der Waals surface area contributed by atoms with E-state index in [4.69, 9.17) is 0 Å². The molecule has 0 aromatic heterocycles. The molecule has 4 atom stereocenters. The topological polar surface area (TPSA) is 110 Å². The van der Waals surface area contributed by atoms with Crippen LogP contribution in [0.5, 0.6) is 0 Å². The van der Waals surface area contributed by atoms with E-state index < -0.39 is 36.9 Å². The lowest BCUT2D eigenvalue weighted by Gasteiger charge is -2.27. The monoisotopic (exact) mass is 986 g/mol. The van der Waals surface area contributed by atoms with Crippen LogP contribution in [-0.2, 0) is 4.79 Å². The highest BCUT2D eigenvalue weighted by Crippen LogP contribution is 2.18. The van der Waals surface area contributed by atoms with Crippen molar-refractivity contribution < 1.29 is 25.2 Å². The van der Waals surface area contributed by atoms with Crippen LogP contribution < -0.4 is 5.32 Å². The molecule has 70 heavy (non-hydrogen) atoms. The van der Waals surface area contributed by atoms with Crippen molar-refractivity contribution >= 4 is 5.91 Å². The van der Waals surface area contributed by atoms with Crippen LogP contribution in [-0.4, -0.2) is 57.3 Å². The van der Waals surface area contributed by atoms with Gasteiger partial charge in [-0.25, -0.2) is 0 Å². The van der Waals surface area contributed by atoms with E-state index in [-0.39, 0.29) is 0 Å². The first-order valence-corrected chi connectivity index (χ1v) is 31.4. The van der Waals surface area contributed by atoms with E-state index in [2.05, 4.69) is 55.6 Å². The molecule has 0 aliphatic heterocycles. The van der Waals surface area contributed by atoms with Crippen molar-refractivity contribution in [2.24, 2.45) is 0 Å². The number of allylic oxidation sites excluding steroid dienone is 6. The van der Waals surface area contributed by atoms with E-state index >= 15 is 0 Å². The molecule has 5 N–H and O–H groups in total. The first-order valence-electron chi connectivity index (χ1n) is 31.4. The molecule has 4 unspecified atom stereocenters. The summed E-state index contributed by atoms with van der Waals surface area (Å²) in [5, 5.41) is 44.1. The second-order valence-electron chi connectivity index (χ2n) is 21.7. The number of aliphatic hydroxyl groups excluding tert-OH is 4. The van der Waals surface area contributed by atoms with Crippen molar-refractivity contribution in [3.8, 4) is 0 Å². The largest absolute Gasteiger partial charge is 0.394 e. The molecule has 0 heterocycles. The molecule has 0 spiro atoms. The third-order valence-corrected chi connectivity index (χ3v) is 14.8. The number of aliphatic hydroxyl groups is 4. The predicted octanol–water partition coefficient (Wildman–Crippen LogP) is 18.8. The summed E-state index contributed by atoms with van der Waals surface area (Å²) in [6.45, 7) is 4.08. The molecule has 0 saturated heterocycles. The standard InChI is InChI=1S/C64H123NO5/c1-3-5-7-9-11-13-15-17-19-21-23-25-27-29-30-31-32-33-34-36-38-40-42-44-46-48-50-52-54-56-58-62(68)64(70)65-60(59-66)63(69)61(67)57-55-53-51-49-47-45-43-41-39-37-35-28-26-24-22-20-18-16-14-12-10-8-6-4-2/h28,35,41,43,49,51,60-63,66-69H,3-27,29-34,36-40,42,44-48,50,52-59H2,1-2H3,(H,65,70)/b35-28+,43-41+,51-49+. The molecule has 0 saturated carbocycles. The number of nitrogens with one attached hydrogen (secondary N) is 1. The van der Waals surface area contributed by atoms with Crippen LogP contribution >= 0.6 is 0 Å². The van der Waals surface area contributed by atoms with Gasteiger partial charge >= 0.3 is 0 Å². The molecule has 1 amide bonds. The molecule has 0 bridgehead atoms. The SMILES string of the molecule is CCCCCCCCCCCCC/C=C/CC/C=C/CC/C=C/CCCC(O)C(O)C(CO)NC(=O)C(O)CCCCCCCCCCCCCCCCCCCCCCCCCCCCCCCC. The summed E-state index contributed by atoms with van der Waals surface area (Å²) in [6, 6.07) is -1.01. The van der Waals surface area contributed by atoms with Gasteiger partial charge in [0.15, 0.2) is 0 Å². The number of amides is 1. The second kappa shape index (κ2) is 58.4. The molecule has 414 valence electrons. The summed E-state index contributed by atoms with van der Waals surface area (Å²) in [6.07, 6.45) is 73.9. The van der Waals surface area contributed by atoms with Crippen molar-refractivity contribution in [2.45, 2.75) is 359 Å². The smallest absolute Gasteiger partial charge is 0.249 e. The first kappa shape index (κ1) is 68.5. The van der Waals surface area contributed by atoms with Crippen LogP contribution in [0.1, 0.15) is 335 Å². The lowest BCUT2D eigenvalue weighted by Crippen LogP contribution is -2.53. The van der Waals surface area contributed by atoms with Crippen molar-refractivity contribution in [1.29, 1.82) is 0 Å². The quantitative estimate of drug-likeness (QED) is 0.0308. The average Bonchev–Trinajstić information content (AvgIpc) is 3.36. The van der Waals surface area contributed by atoms with Gasteiger partial charge in [-0.3, -0.25) is 4.79 Å². The van der Waals surface area contributed by atoms with Gasteiger partial charge in [0.25, 0.3) is 0 Å². The first-order chi connectivity index (χ1) is 34.5. The molecule has 0 aromatic carbocycles. The average molecular weight is 987 g/mol. The minimum absolute atomic E-state index is 0.362. The second-order valence-corrected chi connectivity index (χ2v) is 21.7. The van der Waals surface area contributed by atoms with E-state index in [1.807, 2.05) is 0 Å². The number of carbonyl (C=O) groups excluding carboxylic acids is 1. The summed E-state index contributed by atoms with van der Waals surface area (Å²) < 4.78 is 0. The van der Waals surface area contributed by atoms with Gasteiger partial charge in [-0.1, -0.05) is 307 Å². The van der Waals surface area contributed by atoms with Crippen LogP contribution in [0.4, 0.5) is 0 Å². The molecule has 0 rings (SSSR count). The Morgan fingerprint density at radius 1 is 0.343 bits per heavy atom. The Kier molecular flexibility index (Phi) is 57.2. The van der Waals surface area contributed by atoms with Crippen molar-refractivity contribution in [1.82, 2.24) is 5.32 Å². The highest BCUT2D eigenvalue weighted by atomic mass is 16.3. The Morgan fingerprint density at radius 2 is 0.600 bits per heavy atom. The summed E-state index contributed by atoms with van der Waals surface area (Å²) in [7, 11) is 0. The Labute approximate surface area is 437 Å². The maximum absolute atomic E-state index is 12.6. The number of hydrogen-bond donors (Lipinski definition) is 5. The Hall–Kier alpha value is -1.47. The zero-order valence-electron chi connectivity index (χ0n) is 47.0. The Bertz CT molecular complexity index is 1110. The fourth-order valence-corrected chi connectivity index (χ4v) is 9.91. The van der Waals surface area contributed by atoms with E-state index in [1.165, 1.54) is 250 Å². The van der Waals surface area contributed by atoms with Gasteiger partial charge in [0.1, 0.15) is 12.2 Å². The number of carbonyl (C=O) groups is 1. The normalized spacial score (nSPS) is 13.9. The molecule has 0 aromatic rings. The third kappa shape index (κ3) is 51.4. The molecule has 0 aliphatic rings. The van der Waals surface area contributed by atoms with Gasteiger partial charge in [0.2, 0.25) is 5.91 Å². The molecular formula is C64H123NO5. The molecule has 0 fully saturated rings. The van der Waals surface area contributed by atoms with E-state index in [9.17, 15) is 25.2 Å². The Morgan fingerprint density at radius 3 is 0.900 bits per heavy atom. The fourth-order valence-electron chi connectivity index (χ4n) is 9.91. The Balaban J connectivity index is 3.63. The maximum atomic E-state index is 12.6. The molecule has 0 aliphatic carbocycles. The lowest BCUT2D eigenvalue weighted by atomic mass is 10.00. The third-order valence-electron chi connectivity index (χ3n) is 14.8. The number of unbranched alkanes of at least 4 members (excludes halogenated alkanes) is 43. The maximum Gasteiger partial charge on any atom is 0.249 e. The highest BCUT2D eigenvalue weighted by molar-refractivity contribution is 5.80. The van der Waals surface area contributed by atoms with E-state index in [0.717, 1.165) is 51.4 Å². The summed E-state index contributed by atoms with van der Waals surface area (Å²) in [5.41, 5.74) is 0. The van der Waals surface area contributed by atoms with Crippen LogP contribution in [0.15, 0.2) is 36.5 Å². The molecular weight excluding hydrogens is 863 g/mol. The summed E-state index contributed by atoms with van der Waals surface area (Å²) in [5.74, 6) is -0.594. The fraction of sp³-hybridized carbons (Fsp3) is 0.891. The minimum atomic E-state index is -1.29. The van der Waals surface area contributed by atoms with Crippen LogP contribution in [0.25, 0.3) is 0 Å². The molecule has 6 heteroatoms. The van der Waals surface area contributed by atoms with Gasteiger partial charge in [0.05, 0.1) is 18.8 Å². The van der Waals surface area contributed by atoms with Crippen molar-refractivity contribution in [3.63, 3.8) is 0 Å². The van der Waals surface area contributed by atoms with Gasteiger partial charge in [0, 0.05) is 0 Å². The molecule has 6 nitrogen and oxygen atoms in total. The zero-order valence-corrected chi connectivity index (χ0v) is 47.0. The minimum Gasteiger partial charge on any atom is -0.394 e. The van der Waals surface area contributed by atoms with Crippen LogP contribution in [0, 0.1) is 0 Å². The van der Waals surface area contributed by atoms with E-state index in [0.29, 0.717) is 19.3 Å². The molecule has 0 radical (unpaired) electrons. The van der Waals surface area contributed by atoms with Gasteiger partial charge in [-0.05, 0) is 64.2 Å². The van der Waals surface area contributed by atoms with Gasteiger partial charge in [-0.2, -0.15) is 0 Å².